The number of hydrogen-bond donors (Lipinski definition) is 1. The molecule has 3 heteroatoms. The van der Waals surface area contributed by atoms with Crippen molar-refractivity contribution in [3.63, 3.8) is 0 Å². The van der Waals surface area contributed by atoms with Crippen molar-refractivity contribution in [3.8, 4) is 5.75 Å². The fraction of sp³-hybridized carbons (Fsp3) is 0.435. The summed E-state index contributed by atoms with van der Waals surface area (Å²) < 4.78 is 6.00. The van der Waals surface area contributed by atoms with Crippen LogP contribution in [0.15, 0.2) is 42.5 Å². The smallest absolute Gasteiger partial charge is 0.261 e. The molecular weight excluding hydrogens is 322 g/mol. The fourth-order valence-electron chi connectivity index (χ4n) is 3.09. The molecular formula is C23H31NO2. The van der Waals surface area contributed by atoms with Crippen LogP contribution in [0.1, 0.15) is 55.5 Å². The molecule has 2 rings (SSSR count). The Kier molecular flexibility index (Phi) is 6.84. The molecule has 0 spiro atoms. The summed E-state index contributed by atoms with van der Waals surface area (Å²) in [5.41, 5.74) is 4.52. The number of nitrogens with one attached hydrogen (secondary N) is 1. The van der Waals surface area contributed by atoms with Crippen LogP contribution in [-0.2, 0) is 4.79 Å². The lowest BCUT2D eigenvalue weighted by Gasteiger charge is -2.24. The Morgan fingerprint density at radius 2 is 1.69 bits per heavy atom. The maximum atomic E-state index is 12.8. The van der Waals surface area contributed by atoms with Gasteiger partial charge in [0.25, 0.3) is 5.91 Å². The SMILES string of the molecule is Cc1cc(C)c(C)c(O[C@@H](C)C(=O)N[C@@H](CC(C)C)c2ccccc2)c1. The van der Waals surface area contributed by atoms with E-state index in [0.29, 0.717) is 5.92 Å². The van der Waals surface area contributed by atoms with Crippen LogP contribution in [0.25, 0.3) is 0 Å². The molecule has 0 radical (unpaired) electrons. The minimum Gasteiger partial charge on any atom is -0.481 e. The van der Waals surface area contributed by atoms with E-state index < -0.39 is 6.10 Å². The van der Waals surface area contributed by atoms with Gasteiger partial charge < -0.3 is 10.1 Å². The van der Waals surface area contributed by atoms with Crippen LogP contribution in [0.3, 0.4) is 0 Å². The molecule has 3 nitrogen and oxygen atoms in total. The van der Waals surface area contributed by atoms with Crippen LogP contribution in [-0.4, -0.2) is 12.0 Å². The summed E-state index contributed by atoms with van der Waals surface area (Å²) in [6.45, 7) is 12.3. The molecule has 2 atom stereocenters. The normalized spacial score (nSPS) is 13.3. The maximum absolute atomic E-state index is 12.8. The predicted molar refractivity (Wildman–Crippen MR) is 108 cm³/mol. The highest BCUT2D eigenvalue weighted by Gasteiger charge is 2.21. The monoisotopic (exact) mass is 353 g/mol. The minimum absolute atomic E-state index is 0.00454. The van der Waals surface area contributed by atoms with Gasteiger partial charge in [-0.25, -0.2) is 0 Å². The number of hydrogen-bond acceptors (Lipinski definition) is 2. The predicted octanol–water partition coefficient (Wildman–Crippen LogP) is 5.28. The molecule has 2 aromatic rings. The highest BCUT2D eigenvalue weighted by Crippen LogP contribution is 2.25. The number of aryl methyl sites for hydroxylation is 2. The number of rotatable bonds is 7. The average molecular weight is 354 g/mol. The van der Waals surface area contributed by atoms with E-state index in [-0.39, 0.29) is 11.9 Å². The molecule has 2 aromatic carbocycles. The van der Waals surface area contributed by atoms with E-state index in [1.54, 1.807) is 0 Å². The maximum Gasteiger partial charge on any atom is 0.261 e. The third-order valence-electron chi connectivity index (χ3n) is 4.66. The summed E-state index contributed by atoms with van der Waals surface area (Å²) in [5.74, 6) is 1.18. The molecule has 0 aliphatic heterocycles. The number of amides is 1. The minimum atomic E-state index is -0.548. The summed E-state index contributed by atoms with van der Waals surface area (Å²) in [7, 11) is 0. The molecule has 1 N–H and O–H groups in total. The summed E-state index contributed by atoms with van der Waals surface area (Å²) in [5, 5.41) is 3.17. The van der Waals surface area contributed by atoms with E-state index in [1.807, 2.05) is 45.0 Å². The molecule has 0 saturated heterocycles. The molecule has 0 aromatic heterocycles. The summed E-state index contributed by atoms with van der Waals surface area (Å²) in [6.07, 6.45) is 0.346. The molecule has 0 fully saturated rings. The Balaban J connectivity index is 2.11. The Bertz CT molecular complexity index is 737. The number of carbonyl (C=O) groups is 1. The number of carbonyl (C=O) groups excluding carboxylic acids is 1. The van der Waals surface area contributed by atoms with Gasteiger partial charge in [0.05, 0.1) is 6.04 Å². The van der Waals surface area contributed by atoms with E-state index in [2.05, 4.69) is 44.3 Å². The Morgan fingerprint density at radius 3 is 2.31 bits per heavy atom. The van der Waals surface area contributed by atoms with Gasteiger partial charge in [-0.15, -0.1) is 0 Å². The van der Waals surface area contributed by atoms with Gasteiger partial charge in [0.2, 0.25) is 0 Å². The van der Waals surface area contributed by atoms with Gasteiger partial charge in [-0.05, 0) is 68.4 Å². The van der Waals surface area contributed by atoms with Gasteiger partial charge in [0.15, 0.2) is 6.10 Å². The van der Waals surface area contributed by atoms with E-state index >= 15 is 0 Å². The second-order valence-electron chi connectivity index (χ2n) is 7.57. The number of ether oxygens (including phenoxy) is 1. The lowest BCUT2D eigenvalue weighted by Crippen LogP contribution is -2.39. The third kappa shape index (κ3) is 5.35. The van der Waals surface area contributed by atoms with Crippen molar-refractivity contribution in [3.05, 3.63) is 64.7 Å². The van der Waals surface area contributed by atoms with Crippen molar-refractivity contribution < 1.29 is 9.53 Å². The molecule has 0 bridgehead atoms. The first kappa shape index (κ1) is 20.0. The summed E-state index contributed by atoms with van der Waals surface area (Å²) in [6, 6.07) is 14.2. The van der Waals surface area contributed by atoms with Crippen molar-refractivity contribution in [2.24, 2.45) is 5.92 Å². The van der Waals surface area contributed by atoms with Crippen molar-refractivity contribution >= 4 is 5.91 Å². The van der Waals surface area contributed by atoms with E-state index in [0.717, 1.165) is 28.9 Å². The van der Waals surface area contributed by atoms with E-state index in [4.69, 9.17) is 4.74 Å². The first-order valence-corrected chi connectivity index (χ1v) is 9.37. The van der Waals surface area contributed by atoms with Crippen molar-refractivity contribution in [2.45, 2.75) is 60.1 Å². The molecule has 0 heterocycles. The summed E-state index contributed by atoms with van der Waals surface area (Å²) >= 11 is 0. The van der Waals surface area contributed by atoms with Crippen LogP contribution < -0.4 is 10.1 Å². The number of benzene rings is 2. The largest absolute Gasteiger partial charge is 0.481 e. The first-order valence-electron chi connectivity index (χ1n) is 9.37. The molecule has 140 valence electrons. The van der Waals surface area contributed by atoms with Gasteiger partial charge in [0.1, 0.15) is 5.75 Å². The topological polar surface area (TPSA) is 38.3 Å². The highest BCUT2D eigenvalue weighted by atomic mass is 16.5. The summed E-state index contributed by atoms with van der Waals surface area (Å²) in [4.78, 5) is 12.8. The molecule has 26 heavy (non-hydrogen) atoms. The van der Waals surface area contributed by atoms with Crippen LogP contribution in [0.2, 0.25) is 0 Å². The van der Waals surface area contributed by atoms with Crippen LogP contribution in [0.5, 0.6) is 5.75 Å². The Labute approximate surface area is 157 Å². The average Bonchev–Trinajstić information content (AvgIpc) is 2.58. The molecule has 0 unspecified atom stereocenters. The highest BCUT2D eigenvalue weighted by molar-refractivity contribution is 5.81. The van der Waals surface area contributed by atoms with Crippen molar-refractivity contribution in [1.29, 1.82) is 0 Å². The lowest BCUT2D eigenvalue weighted by atomic mass is 9.97. The Morgan fingerprint density at radius 1 is 1.04 bits per heavy atom. The van der Waals surface area contributed by atoms with Crippen molar-refractivity contribution in [1.82, 2.24) is 5.32 Å². The third-order valence-corrected chi connectivity index (χ3v) is 4.66. The molecule has 0 aliphatic carbocycles. The first-order chi connectivity index (χ1) is 12.3. The Hall–Kier alpha value is -2.29. The van der Waals surface area contributed by atoms with Crippen LogP contribution >= 0.6 is 0 Å². The van der Waals surface area contributed by atoms with Gasteiger partial charge in [0, 0.05) is 0 Å². The van der Waals surface area contributed by atoms with Crippen molar-refractivity contribution in [2.75, 3.05) is 0 Å². The van der Waals surface area contributed by atoms with Gasteiger partial charge in [-0.2, -0.15) is 0 Å². The standard InChI is InChI=1S/C23H31NO2/c1-15(2)12-21(20-10-8-7-9-11-20)24-23(25)19(6)26-22-14-16(3)13-17(4)18(22)5/h7-11,13-15,19,21H,12H2,1-6H3,(H,24,25)/t19-,21-/m0/s1. The quantitative estimate of drug-likeness (QED) is 0.735. The zero-order chi connectivity index (χ0) is 19.3. The van der Waals surface area contributed by atoms with Crippen LogP contribution in [0.4, 0.5) is 0 Å². The van der Waals surface area contributed by atoms with Gasteiger partial charge in [-0.1, -0.05) is 50.2 Å². The molecule has 0 saturated carbocycles. The lowest BCUT2D eigenvalue weighted by molar-refractivity contribution is -0.128. The molecule has 1 amide bonds. The zero-order valence-corrected chi connectivity index (χ0v) is 16.8. The molecule has 0 aliphatic rings. The second kappa shape index (κ2) is 8.88. The van der Waals surface area contributed by atoms with Gasteiger partial charge >= 0.3 is 0 Å². The second-order valence-corrected chi connectivity index (χ2v) is 7.57. The van der Waals surface area contributed by atoms with Gasteiger partial charge in [-0.3, -0.25) is 4.79 Å². The van der Waals surface area contributed by atoms with Crippen LogP contribution in [0, 0.1) is 26.7 Å². The zero-order valence-electron chi connectivity index (χ0n) is 16.8. The van der Waals surface area contributed by atoms with E-state index in [1.165, 1.54) is 5.56 Å². The fourth-order valence-corrected chi connectivity index (χ4v) is 3.09. The van der Waals surface area contributed by atoms with E-state index in [9.17, 15) is 4.79 Å².